The minimum atomic E-state index is -0.940. The quantitative estimate of drug-likeness (QED) is 0.667. The topological polar surface area (TPSA) is 110 Å². The van der Waals surface area contributed by atoms with Gasteiger partial charge in [-0.1, -0.05) is 36.7 Å². The summed E-state index contributed by atoms with van der Waals surface area (Å²) in [5.41, 5.74) is 0.880. The number of anilines is 1. The van der Waals surface area contributed by atoms with Crippen molar-refractivity contribution in [2.45, 2.75) is 32.8 Å². The van der Waals surface area contributed by atoms with Crippen molar-refractivity contribution in [2.24, 2.45) is 0 Å². The Morgan fingerprint density at radius 3 is 2.88 bits per heavy atom. The predicted octanol–water partition coefficient (Wildman–Crippen LogP) is 2.82. The number of aromatic amines is 1. The van der Waals surface area contributed by atoms with Gasteiger partial charge in [-0.2, -0.15) is 5.10 Å². The average molecular weight is 342 g/mol. The number of hydrogen-bond acceptors (Lipinski definition) is 6. The highest BCUT2D eigenvalue weighted by Crippen LogP contribution is 2.18. The van der Waals surface area contributed by atoms with Crippen LogP contribution in [0.1, 0.15) is 36.0 Å². The van der Waals surface area contributed by atoms with Gasteiger partial charge in [0.15, 0.2) is 17.6 Å². The molecular weight excluding hydrogens is 324 g/mol. The van der Waals surface area contributed by atoms with Gasteiger partial charge in [0, 0.05) is 11.5 Å². The van der Waals surface area contributed by atoms with Gasteiger partial charge in [-0.25, -0.2) is 4.79 Å². The van der Waals surface area contributed by atoms with Crippen LogP contribution in [0, 0.1) is 6.92 Å². The molecule has 0 radical (unpaired) electrons. The van der Waals surface area contributed by atoms with Crippen LogP contribution in [0.25, 0.3) is 10.9 Å². The van der Waals surface area contributed by atoms with Crippen molar-refractivity contribution in [3.63, 3.8) is 0 Å². The van der Waals surface area contributed by atoms with Gasteiger partial charge in [-0.3, -0.25) is 9.89 Å². The summed E-state index contributed by atoms with van der Waals surface area (Å²) in [5, 5.41) is 13.7. The van der Waals surface area contributed by atoms with E-state index in [4.69, 9.17) is 9.26 Å². The Kier molecular flexibility index (Phi) is 4.78. The first-order valence-electron chi connectivity index (χ1n) is 7.96. The molecule has 0 fully saturated rings. The first-order valence-corrected chi connectivity index (χ1v) is 7.96. The zero-order valence-electron chi connectivity index (χ0n) is 13.9. The lowest BCUT2D eigenvalue weighted by molar-refractivity contribution is -0.125. The number of fused-ring (bicyclic) bond motifs is 1. The standard InChI is InChI=1S/C17H18N4O4/c1-3-6-13(16(22)18-14-9-10(2)25-21-14)24-17(23)15-11-7-4-5-8-12(11)19-20-15/h4-5,7-9,13H,3,6H2,1-2H3,(H,19,20)(H,18,21,22). The highest BCUT2D eigenvalue weighted by molar-refractivity contribution is 6.03. The summed E-state index contributed by atoms with van der Waals surface area (Å²) in [4.78, 5) is 24.8. The molecule has 0 aliphatic heterocycles. The number of carbonyl (C=O) groups excluding carboxylic acids is 2. The number of hydrogen-bond donors (Lipinski definition) is 2. The van der Waals surface area contributed by atoms with E-state index >= 15 is 0 Å². The number of para-hydroxylation sites is 1. The second-order valence-corrected chi connectivity index (χ2v) is 5.61. The molecule has 130 valence electrons. The Balaban J connectivity index is 1.74. The smallest absolute Gasteiger partial charge is 0.360 e. The first kappa shape index (κ1) is 16.7. The van der Waals surface area contributed by atoms with Gasteiger partial charge in [-0.05, 0) is 19.4 Å². The summed E-state index contributed by atoms with van der Waals surface area (Å²) in [5.74, 6) is -0.252. The molecule has 0 aliphatic carbocycles. The summed E-state index contributed by atoms with van der Waals surface area (Å²) >= 11 is 0. The van der Waals surface area contributed by atoms with Crippen LogP contribution in [-0.2, 0) is 9.53 Å². The van der Waals surface area contributed by atoms with Crippen LogP contribution in [0.4, 0.5) is 5.82 Å². The Morgan fingerprint density at radius 2 is 2.16 bits per heavy atom. The van der Waals surface area contributed by atoms with E-state index in [9.17, 15) is 9.59 Å². The SMILES string of the molecule is CCCC(OC(=O)c1n[nH]c2ccccc12)C(=O)Nc1cc(C)on1. The number of nitrogens with one attached hydrogen (secondary N) is 2. The average Bonchev–Trinajstić information content (AvgIpc) is 3.20. The van der Waals surface area contributed by atoms with Crippen LogP contribution in [-0.4, -0.2) is 33.3 Å². The molecule has 8 nitrogen and oxygen atoms in total. The number of carbonyl (C=O) groups is 2. The summed E-state index contributed by atoms with van der Waals surface area (Å²) < 4.78 is 10.3. The number of rotatable bonds is 6. The number of ether oxygens (including phenoxy) is 1. The van der Waals surface area contributed by atoms with E-state index in [2.05, 4.69) is 20.7 Å². The van der Waals surface area contributed by atoms with Gasteiger partial charge in [0.1, 0.15) is 5.76 Å². The lowest BCUT2D eigenvalue weighted by atomic mass is 10.2. The molecule has 2 heterocycles. The molecule has 25 heavy (non-hydrogen) atoms. The number of H-pyrrole nitrogens is 1. The minimum absolute atomic E-state index is 0.154. The van der Waals surface area contributed by atoms with Crippen LogP contribution < -0.4 is 5.32 Å². The second kappa shape index (κ2) is 7.16. The monoisotopic (exact) mass is 342 g/mol. The molecule has 3 rings (SSSR count). The molecule has 1 aromatic carbocycles. The highest BCUT2D eigenvalue weighted by Gasteiger charge is 2.26. The number of nitrogens with zero attached hydrogens (tertiary/aromatic N) is 2. The van der Waals surface area contributed by atoms with E-state index in [1.54, 1.807) is 25.1 Å². The highest BCUT2D eigenvalue weighted by atomic mass is 16.5. The Hall–Kier alpha value is -3.16. The molecule has 0 aliphatic rings. The Morgan fingerprint density at radius 1 is 1.36 bits per heavy atom. The molecule has 0 saturated carbocycles. The molecule has 0 saturated heterocycles. The van der Waals surface area contributed by atoms with Gasteiger partial charge in [-0.15, -0.1) is 0 Å². The van der Waals surface area contributed by atoms with Crippen molar-refractivity contribution in [3.8, 4) is 0 Å². The van der Waals surface area contributed by atoms with Gasteiger partial charge < -0.3 is 14.6 Å². The third kappa shape index (κ3) is 3.68. The number of esters is 1. The number of aryl methyl sites for hydroxylation is 1. The van der Waals surface area contributed by atoms with Crippen molar-refractivity contribution >= 4 is 28.6 Å². The molecule has 0 bridgehead atoms. The van der Waals surface area contributed by atoms with Crippen LogP contribution in [0.3, 0.4) is 0 Å². The van der Waals surface area contributed by atoms with E-state index in [0.717, 1.165) is 5.52 Å². The second-order valence-electron chi connectivity index (χ2n) is 5.61. The Labute approximate surface area is 143 Å². The summed E-state index contributed by atoms with van der Waals surface area (Å²) in [6.45, 7) is 3.62. The van der Waals surface area contributed by atoms with E-state index in [-0.39, 0.29) is 11.5 Å². The van der Waals surface area contributed by atoms with Crippen LogP contribution in [0.2, 0.25) is 0 Å². The van der Waals surface area contributed by atoms with E-state index in [1.165, 1.54) is 0 Å². The zero-order valence-corrected chi connectivity index (χ0v) is 13.9. The maximum atomic E-state index is 12.4. The third-order valence-corrected chi connectivity index (χ3v) is 3.64. The number of aromatic nitrogens is 3. The van der Waals surface area contributed by atoms with Gasteiger partial charge >= 0.3 is 5.97 Å². The molecule has 3 aromatic rings. The summed E-state index contributed by atoms with van der Waals surface area (Å²) in [6, 6.07) is 8.80. The molecule has 8 heteroatoms. The maximum Gasteiger partial charge on any atom is 0.360 e. The number of amides is 1. The largest absolute Gasteiger partial charge is 0.447 e. The fourth-order valence-corrected chi connectivity index (χ4v) is 2.44. The predicted molar refractivity (Wildman–Crippen MR) is 90.1 cm³/mol. The number of benzene rings is 1. The van der Waals surface area contributed by atoms with Crippen LogP contribution in [0.15, 0.2) is 34.9 Å². The first-order chi connectivity index (χ1) is 12.1. The van der Waals surface area contributed by atoms with E-state index in [0.29, 0.717) is 24.0 Å². The van der Waals surface area contributed by atoms with Crippen LogP contribution in [0.5, 0.6) is 0 Å². The normalized spacial score (nSPS) is 12.1. The van der Waals surface area contributed by atoms with Crippen molar-refractivity contribution in [2.75, 3.05) is 5.32 Å². The van der Waals surface area contributed by atoms with Gasteiger partial charge in [0.05, 0.1) is 5.52 Å². The van der Waals surface area contributed by atoms with Crippen molar-refractivity contribution in [1.29, 1.82) is 0 Å². The summed E-state index contributed by atoms with van der Waals surface area (Å²) in [6.07, 6.45) is 0.117. The molecule has 1 atom stereocenters. The fourth-order valence-electron chi connectivity index (χ4n) is 2.44. The summed E-state index contributed by atoms with van der Waals surface area (Å²) in [7, 11) is 0. The molecule has 2 N–H and O–H groups in total. The zero-order chi connectivity index (χ0) is 17.8. The minimum Gasteiger partial charge on any atom is -0.447 e. The van der Waals surface area contributed by atoms with Crippen molar-refractivity contribution < 1.29 is 18.8 Å². The molecule has 2 aromatic heterocycles. The third-order valence-electron chi connectivity index (χ3n) is 3.64. The van der Waals surface area contributed by atoms with Crippen molar-refractivity contribution in [1.82, 2.24) is 15.4 Å². The van der Waals surface area contributed by atoms with Crippen molar-refractivity contribution in [3.05, 3.63) is 41.8 Å². The van der Waals surface area contributed by atoms with E-state index in [1.807, 2.05) is 19.1 Å². The molecule has 0 spiro atoms. The van der Waals surface area contributed by atoms with Gasteiger partial charge in [0.25, 0.3) is 5.91 Å². The van der Waals surface area contributed by atoms with E-state index < -0.39 is 18.0 Å². The van der Waals surface area contributed by atoms with Crippen LogP contribution >= 0.6 is 0 Å². The lowest BCUT2D eigenvalue weighted by Gasteiger charge is -2.15. The fraction of sp³-hybridized carbons (Fsp3) is 0.294. The molecule has 1 amide bonds. The molecular formula is C17H18N4O4. The van der Waals surface area contributed by atoms with Gasteiger partial charge in [0.2, 0.25) is 0 Å². The Bertz CT molecular complexity index is 899. The maximum absolute atomic E-state index is 12.4. The molecule has 1 unspecified atom stereocenters. The lowest BCUT2D eigenvalue weighted by Crippen LogP contribution is -2.32.